The maximum absolute atomic E-state index is 12.4. The molecule has 2 heterocycles. The fourth-order valence-corrected chi connectivity index (χ4v) is 3.22. The molecule has 3 aromatic rings. The van der Waals surface area contributed by atoms with Crippen LogP contribution in [0.4, 0.5) is 5.95 Å². The molecule has 1 aliphatic rings. The van der Waals surface area contributed by atoms with E-state index in [1.807, 2.05) is 35.0 Å². The molecular formula is C18H20N6O. The lowest BCUT2D eigenvalue weighted by Crippen LogP contribution is -2.16. The van der Waals surface area contributed by atoms with Crippen LogP contribution in [0.15, 0.2) is 42.7 Å². The first-order valence-corrected chi connectivity index (χ1v) is 8.63. The fraction of sp³-hybridized carbons (Fsp3) is 0.333. The molecule has 0 atom stereocenters. The minimum absolute atomic E-state index is 0.295. The Kier molecular flexibility index (Phi) is 4.28. The van der Waals surface area contributed by atoms with Gasteiger partial charge in [-0.15, -0.1) is 5.10 Å². The number of hydrogen-bond acceptors (Lipinski definition) is 4. The highest BCUT2D eigenvalue weighted by molar-refractivity contribution is 6.02. The number of aromatic nitrogens is 5. The lowest BCUT2D eigenvalue weighted by Gasteiger charge is -2.20. The summed E-state index contributed by atoms with van der Waals surface area (Å²) in [5.74, 6) is 0.0301. The molecule has 2 aromatic heterocycles. The van der Waals surface area contributed by atoms with Gasteiger partial charge >= 0.3 is 0 Å². The third kappa shape index (κ3) is 3.45. The van der Waals surface area contributed by atoms with Gasteiger partial charge in [0.15, 0.2) is 0 Å². The Morgan fingerprint density at radius 1 is 1.16 bits per heavy atom. The van der Waals surface area contributed by atoms with Crippen molar-refractivity contribution >= 4 is 11.9 Å². The quantitative estimate of drug-likeness (QED) is 0.764. The van der Waals surface area contributed by atoms with Crippen LogP contribution in [-0.2, 0) is 0 Å². The zero-order valence-corrected chi connectivity index (χ0v) is 13.9. The van der Waals surface area contributed by atoms with Gasteiger partial charge in [-0.1, -0.05) is 49.6 Å². The summed E-state index contributed by atoms with van der Waals surface area (Å²) in [4.78, 5) is 16.6. The summed E-state index contributed by atoms with van der Waals surface area (Å²) >= 11 is 0. The average Bonchev–Trinajstić information content (AvgIpc) is 3.33. The Balaban J connectivity index is 1.44. The van der Waals surface area contributed by atoms with Crippen molar-refractivity contribution in [1.29, 1.82) is 0 Å². The Morgan fingerprint density at radius 3 is 2.76 bits per heavy atom. The van der Waals surface area contributed by atoms with E-state index in [0.717, 1.165) is 24.1 Å². The molecule has 7 nitrogen and oxygen atoms in total. The van der Waals surface area contributed by atoms with E-state index < -0.39 is 0 Å². The molecule has 2 N–H and O–H groups in total. The van der Waals surface area contributed by atoms with Crippen LogP contribution in [0, 0.1) is 0 Å². The molecule has 1 fully saturated rings. The van der Waals surface area contributed by atoms with Gasteiger partial charge in [0.25, 0.3) is 5.91 Å². The zero-order valence-electron chi connectivity index (χ0n) is 13.9. The van der Waals surface area contributed by atoms with Gasteiger partial charge in [0.05, 0.1) is 11.7 Å². The number of carbonyl (C=O) groups excluding carboxylic acids is 1. The molecule has 128 valence electrons. The number of carbonyl (C=O) groups is 1. The highest BCUT2D eigenvalue weighted by Gasteiger charge is 2.18. The molecule has 0 spiro atoms. The van der Waals surface area contributed by atoms with Crippen molar-refractivity contribution in [3.05, 3.63) is 48.4 Å². The number of rotatable bonds is 4. The molecule has 7 heteroatoms. The number of anilines is 1. The maximum atomic E-state index is 12.4. The van der Waals surface area contributed by atoms with Gasteiger partial charge in [-0.05, 0) is 18.9 Å². The second-order valence-corrected chi connectivity index (χ2v) is 6.33. The molecule has 1 saturated carbocycles. The van der Waals surface area contributed by atoms with E-state index in [1.165, 1.54) is 19.3 Å². The maximum Gasteiger partial charge on any atom is 0.276 e. The number of nitrogens with zero attached hydrogens (tertiary/aromatic N) is 4. The number of nitrogens with one attached hydrogen (secondary N) is 2. The van der Waals surface area contributed by atoms with Crippen LogP contribution in [0.25, 0.3) is 11.3 Å². The van der Waals surface area contributed by atoms with Gasteiger partial charge in [-0.25, -0.2) is 9.67 Å². The second kappa shape index (κ2) is 6.88. The Bertz CT molecular complexity index is 847. The van der Waals surface area contributed by atoms with Gasteiger partial charge in [0.1, 0.15) is 12.0 Å². The lowest BCUT2D eigenvalue weighted by molar-refractivity contribution is 0.102. The molecule has 0 aliphatic heterocycles. The van der Waals surface area contributed by atoms with Crippen LogP contribution in [-0.4, -0.2) is 30.9 Å². The van der Waals surface area contributed by atoms with E-state index in [9.17, 15) is 4.79 Å². The van der Waals surface area contributed by atoms with Crippen molar-refractivity contribution in [3.8, 4) is 11.3 Å². The van der Waals surface area contributed by atoms with Crippen molar-refractivity contribution in [2.45, 2.75) is 38.1 Å². The highest BCUT2D eigenvalue weighted by atomic mass is 16.2. The third-order valence-electron chi connectivity index (χ3n) is 4.57. The first-order valence-electron chi connectivity index (χ1n) is 8.63. The normalized spacial score (nSPS) is 15.2. The second-order valence-electron chi connectivity index (χ2n) is 6.33. The smallest absolute Gasteiger partial charge is 0.276 e. The molecule has 4 rings (SSSR count). The molecule has 1 amide bonds. The number of benzene rings is 1. The lowest BCUT2D eigenvalue weighted by atomic mass is 9.96. The monoisotopic (exact) mass is 336 g/mol. The first kappa shape index (κ1) is 15.6. The molecular weight excluding hydrogens is 316 g/mol. The minimum atomic E-state index is -0.295. The van der Waals surface area contributed by atoms with E-state index in [-0.39, 0.29) is 5.91 Å². The van der Waals surface area contributed by atoms with Crippen molar-refractivity contribution in [3.63, 3.8) is 0 Å². The largest absolute Gasteiger partial charge is 0.288 e. The predicted octanol–water partition coefficient (Wildman–Crippen LogP) is 3.43. The molecule has 25 heavy (non-hydrogen) atoms. The highest BCUT2D eigenvalue weighted by Crippen LogP contribution is 2.27. The molecule has 0 bridgehead atoms. The molecule has 0 unspecified atom stereocenters. The number of hydrogen-bond donors (Lipinski definition) is 2. The molecule has 0 radical (unpaired) electrons. The van der Waals surface area contributed by atoms with Crippen LogP contribution in [0.2, 0.25) is 0 Å². The van der Waals surface area contributed by atoms with Crippen molar-refractivity contribution in [2.24, 2.45) is 0 Å². The fourth-order valence-electron chi connectivity index (χ4n) is 3.22. The van der Waals surface area contributed by atoms with Crippen LogP contribution in [0.1, 0.15) is 48.6 Å². The van der Waals surface area contributed by atoms with Crippen molar-refractivity contribution in [1.82, 2.24) is 25.0 Å². The van der Waals surface area contributed by atoms with E-state index in [4.69, 9.17) is 0 Å². The summed E-state index contributed by atoms with van der Waals surface area (Å²) in [7, 11) is 0. The summed E-state index contributed by atoms with van der Waals surface area (Å²) in [6.45, 7) is 0. The van der Waals surface area contributed by atoms with E-state index in [2.05, 4.69) is 25.6 Å². The standard InChI is InChI=1S/C18H20N6O/c25-17(16-11-15(21-22-16)13-7-3-1-4-8-13)20-18-19-12-24(23-18)14-9-5-2-6-10-14/h1,3-4,7-8,11-12,14H,2,5-6,9-10H2,(H,21,22)(H,20,23,25). The number of aromatic amines is 1. The molecule has 1 aliphatic carbocycles. The summed E-state index contributed by atoms with van der Waals surface area (Å²) in [6.07, 6.45) is 7.69. The van der Waals surface area contributed by atoms with Crippen LogP contribution < -0.4 is 5.32 Å². The summed E-state index contributed by atoms with van der Waals surface area (Å²) in [6, 6.07) is 11.8. The Labute approximate surface area is 145 Å². The van der Waals surface area contributed by atoms with E-state index >= 15 is 0 Å². The predicted molar refractivity (Wildman–Crippen MR) is 94.1 cm³/mol. The van der Waals surface area contributed by atoms with Crippen LogP contribution in [0.3, 0.4) is 0 Å². The van der Waals surface area contributed by atoms with Crippen molar-refractivity contribution < 1.29 is 4.79 Å². The summed E-state index contributed by atoms with van der Waals surface area (Å²) in [5, 5.41) is 14.1. The van der Waals surface area contributed by atoms with E-state index in [0.29, 0.717) is 17.7 Å². The topological polar surface area (TPSA) is 88.5 Å². The van der Waals surface area contributed by atoms with Gasteiger partial charge in [0.2, 0.25) is 5.95 Å². The van der Waals surface area contributed by atoms with Gasteiger partial charge in [-0.3, -0.25) is 15.2 Å². The zero-order chi connectivity index (χ0) is 17.1. The van der Waals surface area contributed by atoms with Gasteiger partial charge in [0, 0.05) is 5.56 Å². The first-order chi connectivity index (χ1) is 12.3. The van der Waals surface area contributed by atoms with Gasteiger partial charge in [-0.2, -0.15) is 5.10 Å². The van der Waals surface area contributed by atoms with Gasteiger partial charge < -0.3 is 0 Å². The Morgan fingerprint density at radius 2 is 1.96 bits per heavy atom. The molecule has 1 aromatic carbocycles. The minimum Gasteiger partial charge on any atom is -0.288 e. The van der Waals surface area contributed by atoms with E-state index in [1.54, 1.807) is 12.4 Å². The Hall–Kier alpha value is -2.96. The SMILES string of the molecule is O=C(Nc1ncn(C2CCCCC2)n1)c1cc(-c2ccccc2)n[nH]1. The van der Waals surface area contributed by atoms with Crippen molar-refractivity contribution in [2.75, 3.05) is 5.32 Å². The van der Waals surface area contributed by atoms with Crippen LogP contribution >= 0.6 is 0 Å². The third-order valence-corrected chi connectivity index (χ3v) is 4.57. The van der Waals surface area contributed by atoms with Crippen LogP contribution in [0.5, 0.6) is 0 Å². The summed E-state index contributed by atoms with van der Waals surface area (Å²) in [5.41, 5.74) is 2.07. The number of H-pyrrole nitrogens is 1. The summed E-state index contributed by atoms with van der Waals surface area (Å²) < 4.78 is 1.87. The molecule has 0 saturated heterocycles. The average molecular weight is 336 g/mol. The number of amides is 1.